The minimum atomic E-state index is -0.241. The number of hydrogen-bond acceptors (Lipinski definition) is 3. The summed E-state index contributed by atoms with van der Waals surface area (Å²) in [5, 5.41) is 4.11. The number of hydrazone groups is 1. The zero-order valence-electron chi connectivity index (χ0n) is 14.9. The molecule has 0 aliphatic heterocycles. The molecule has 1 N–H and O–H groups in total. The van der Waals surface area contributed by atoms with E-state index in [2.05, 4.69) is 30.5 Å². The Morgan fingerprint density at radius 1 is 1.42 bits per heavy atom. The summed E-state index contributed by atoms with van der Waals surface area (Å²) in [5.41, 5.74) is 6.31. The van der Waals surface area contributed by atoms with E-state index in [0.29, 0.717) is 11.3 Å². The van der Waals surface area contributed by atoms with Gasteiger partial charge in [0.05, 0.1) is 6.21 Å². The largest absolute Gasteiger partial charge is 0.483 e. The lowest BCUT2D eigenvalue weighted by molar-refractivity contribution is -0.123. The summed E-state index contributed by atoms with van der Waals surface area (Å²) in [7, 11) is 0. The molecule has 3 aliphatic carbocycles. The van der Waals surface area contributed by atoms with Crippen molar-refractivity contribution in [3.8, 4) is 5.75 Å². The molecule has 1 amide bonds. The van der Waals surface area contributed by atoms with Crippen LogP contribution in [0.2, 0.25) is 0 Å². The van der Waals surface area contributed by atoms with Crippen molar-refractivity contribution in [2.75, 3.05) is 6.61 Å². The topological polar surface area (TPSA) is 50.7 Å². The van der Waals surface area contributed by atoms with Gasteiger partial charge in [0.25, 0.3) is 5.91 Å². The van der Waals surface area contributed by atoms with Gasteiger partial charge in [-0.3, -0.25) is 4.79 Å². The van der Waals surface area contributed by atoms with Crippen LogP contribution < -0.4 is 10.2 Å². The molecule has 0 spiro atoms. The van der Waals surface area contributed by atoms with Crippen LogP contribution in [0.25, 0.3) is 0 Å². The Labute approximate surface area is 144 Å². The van der Waals surface area contributed by atoms with Crippen LogP contribution in [0.3, 0.4) is 0 Å². The normalized spacial score (nSPS) is 24.2. The third-order valence-electron chi connectivity index (χ3n) is 5.62. The van der Waals surface area contributed by atoms with E-state index >= 15 is 0 Å². The van der Waals surface area contributed by atoms with Crippen LogP contribution in [0.5, 0.6) is 5.75 Å². The Morgan fingerprint density at radius 3 is 2.92 bits per heavy atom. The van der Waals surface area contributed by atoms with Gasteiger partial charge in [-0.25, -0.2) is 5.43 Å². The Bertz CT molecular complexity index is 704. The molecule has 2 bridgehead atoms. The summed E-state index contributed by atoms with van der Waals surface area (Å²) in [6, 6.07) is 5.95. The van der Waals surface area contributed by atoms with E-state index in [9.17, 15) is 4.79 Å². The molecular weight excluding hydrogens is 300 g/mol. The highest BCUT2D eigenvalue weighted by Gasteiger charge is 2.50. The molecule has 0 unspecified atom stereocenters. The standard InChI is InChI=1S/C20H26N2O2/c1-13-5-6-14(2)18(9-13)24-12-19(23)22-21-11-15-7-8-16-10-17(15)20(16,3)4/h5-7,9,11,16-17H,8,10,12H2,1-4H3,(H,22,23)/b21-11-/t16-,17-/m1/s1. The molecular formula is C20H26N2O2. The van der Waals surface area contributed by atoms with Crippen LogP contribution in [0.1, 0.15) is 37.8 Å². The van der Waals surface area contributed by atoms with Crippen molar-refractivity contribution >= 4 is 12.1 Å². The van der Waals surface area contributed by atoms with E-state index in [1.54, 1.807) is 6.21 Å². The number of nitrogens with one attached hydrogen (secondary N) is 1. The fourth-order valence-corrected chi connectivity index (χ4v) is 3.76. The van der Waals surface area contributed by atoms with Crippen molar-refractivity contribution < 1.29 is 9.53 Å². The number of carbonyl (C=O) groups excluding carboxylic acids is 1. The van der Waals surface area contributed by atoms with E-state index in [1.807, 2.05) is 32.0 Å². The van der Waals surface area contributed by atoms with Gasteiger partial charge in [0, 0.05) is 0 Å². The number of nitrogens with zero attached hydrogens (tertiary/aromatic N) is 1. The zero-order valence-corrected chi connectivity index (χ0v) is 14.9. The van der Waals surface area contributed by atoms with Gasteiger partial charge in [0.2, 0.25) is 0 Å². The fraction of sp³-hybridized carbons (Fsp3) is 0.500. The lowest BCUT2D eigenvalue weighted by atomic mass is 9.49. The third kappa shape index (κ3) is 3.23. The lowest BCUT2D eigenvalue weighted by Gasteiger charge is -2.55. The van der Waals surface area contributed by atoms with Crippen LogP contribution in [0, 0.1) is 31.1 Å². The smallest absolute Gasteiger partial charge is 0.277 e. The maximum atomic E-state index is 11.9. The Hall–Kier alpha value is -2.10. The van der Waals surface area contributed by atoms with Gasteiger partial charge < -0.3 is 4.74 Å². The Kier molecular flexibility index (Phi) is 4.48. The van der Waals surface area contributed by atoms with E-state index in [4.69, 9.17) is 4.74 Å². The molecule has 128 valence electrons. The number of allylic oxidation sites excluding steroid dienone is 2. The number of aryl methyl sites for hydroxylation is 2. The maximum Gasteiger partial charge on any atom is 0.277 e. The molecule has 0 radical (unpaired) electrons. The fourth-order valence-electron chi connectivity index (χ4n) is 3.76. The second-order valence-corrected chi connectivity index (χ2v) is 7.60. The second kappa shape index (κ2) is 6.42. The highest BCUT2D eigenvalue weighted by molar-refractivity contribution is 5.83. The molecule has 1 aromatic carbocycles. The first-order valence-electron chi connectivity index (χ1n) is 8.60. The average molecular weight is 326 g/mol. The van der Waals surface area contributed by atoms with E-state index in [0.717, 1.165) is 29.2 Å². The SMILES string of the molecule is Cc1ccc(C)c(OCC(=O)N/N=C\C2=CC[C@@H]3C[C@H]2C3(C)C)c1. The lowest BCUT2D eigenvalue weighted by Crippen LogP contribution is -2.48. The summed E-state index contributed by atoms with van der Waals surface area (Å²) in [6.45, 7) is 8.58. The maximum absolute atomic E-state index is 11.9. The third-order valence-corrected chi connectivity index (χ3v) is 5.62. The van der Waals surface area contributed by atoms with Gasteiger partial charge in [-0.2, -0.15) is 5.10 Å². The summed E-state index contributed by atoms with van der Waals surface area (Å²) < 4.78 is 5.58. The minimum Gasteiger partial charge on any atom is -0.483 e. The molecule has 2 atom stereocenters. The first kappa shape index (κ1) is 16.7. The molecule has 1 aromatic rings. The first-order chi connectivity index (χ1) is 11.4. The minimum absolute atomic E-state index is 0.0301. The molecule has 0 aromatic heterocycles. The van der Waals surface area contributed by atoms with Crippen LogP contribution in [-0.2, 0) is 4.79 Å². The molecule has 24 heavy (non-hydrogen) atoms. The number of carbonyl (C=O) groups is 1. The van der Waals surface area contributed by atoms with Gasteiger partial charge in [-0.15, -0.1) is 0 Å². The first-order valence-corrected chi connectivity index (χ1v) is 8.60. The molecule has 1 saturated carbocycles. The quantitative estimate of drug-likeness (QED) is 0.661. The predicted octanol–water partition coefficient (Wildman–Crippen LogP) is 3.78. The van der Waals surface area contributed by atoms with Crippen molar-refractivity contribution in [1.29, 1.82) is 0 Å². The van der Waals surface area contributed by atoms with E-state index < -0.39 is 0 Å². The van der Waals surface area contributed by atoms with Crippen LogP contribution in [-0.4, -0.2) is 18.7 Å². The number of rotatable bonds is 5. The highest BCUT2D eigenvalue weighted by Crippen LogP contribution is 2.58. The number of ether oxygens (including phenoxy) is 1. The summed E-state index contributed by atoms with van der Waals surface area (Å²) in [4.78, 5) is 11.9. The molecule has 4 rings (SSSR count). The van der Waals surface area contributed by atoms with Crippen LogP contribution >= 0.6 is 0 Å². The second-order valence-electron chi connectivity index (χ2n) is 7.60. The van der Waals surface area contributed by atoms with Crippen molar-refractivity contribution in [1.82, 2.24) is 5.43 Å². The molecule has 0 heterocycles. The molecule has 1 fully saturated rings. The van der Waals surface area contributed by atoms with Crippen molar-refractivity contribution in [3.05, 3.63) is 41.0 Å². The molecule has 3 aliphatic rings. The summed E-state index contributed by atoms with van der Waals surface area (Å²) in [5.74, 6) is 1.88. The average Bonchev–Trinajstić information content (AvgIpc) is 2.55. The van der Waals surface area contributed by atoms with Crippen molar-refractivity contribution in [2.24, 2.45) is 22.4 Å². The van der Waals surface area contributed by atoms with Gasteiger partial charge in [0.1, 0.15) is 5.75 Å². The number of benzene rings is 1. The molecule has 4 nitrogen and oxygen atoms in total. The number of fused-ring (bicyclic) bond motifs is 1. The highest BCUT2D eigenvalue weighted by atomic mass is 16.5. The monoisotopic (exact) mass is 326 g/mol. The van der Waals surface area contributed by atoms with Gasteiger partial charge >= 0.3 is 0 Å². The van der Waals surface area contributed by atoms with Gasteiger partial charge in [-0.1, -0.05) is 32.1 Å². The Morgan fingerprint density at radius 2 is 2.21 bits per heavy atom. The van der Waals surface area contributed by atoms with Crippen molar-refractivity contribution in [3.63, 3.8) is 0 Å². The predicted molar refractivity (Wildman–Crippen MR) is 96.1 cm³/mol. The van der Waals surface area contributed by atoms with Gasteiger partial charge in [-0.05, 0) is 66.7 Å². The summed E-state index contributed by atoms with van der Waals surface area (Å²) >= 11 is 0. The summed E-state index contributed by atoms with van der Waals surface area (Å²) in [6.07, 6.45) is 6.42. The Balaban J connectivity index is 1.49. The van der Waals surface area contributed by atoms with Crippen molar-refractivity contribution in [2.45, 2.75) is 40.5 Å². The zero-order chi connectivity index (χ0) is 17.3. The number of hydrogen-bond donors (Lipinski definition) is 1. The molecule has 4 heteroatoms. The van der Waals surface area contributed by atoms with E-state index in [-0.39, 0.29) is 12.5 Å². The van der Waals surface area contributed by atoms with E-state index in [1.165, 1.54) is 12.0 Å². The molecule has 0 saturated heterocycles. The van der Waals surface area contributed by atoms with Gasteiger partial charge in [0.15, 0.2) is 6.61 Å². The van der Waals surface area contributed by atoms with Crippen LogP contribution in [0.4, 0.5) is 0 Å². The van der Waals surface area contributed by atoms with Crippen LogP contribution in [0.15, 0.2) is 34.9 Å². The number of amides is 1.